The fraction of sp³-hybridized carbons (Fsp3) is 0.600. The summed E-state index contributed by atoms with van der Waals surface area (Å²) in [6.45, 7) is 13.6. The highest BCUT2D eigenvalue weighted by Crippen LogP contribution is 2.18. The zero-order chi connectivity index (χ0) is 20.3. The van der Waals surface area contributed by atoms with Gasteiger partial charge in [-0.1, -0.05) is 32.9 Å². The zero-order valence-corrected chi connectivity index (χ0v) is 17.1. The Morgan fingerprint density at radius 3 is 2.35 bits per heavy atom. The van der Waals surface area contributed by atoms with E-state index in [2.05, 4.69) is 10.6 Å². The van der Waals surface area contributed by atoms with Gasteiger partial charge < -0.3 is 20.5 Å². The van der Waals surface area contributed by atoms with Crippen LogP contribution in [0, 0.1) is 6.92 Å². The first kappa shape index (κ1) is 23.8. The number of phenolic OH excluding ortho intramolecular Hbond substituents is 1. The molecule has 1 aromatic carbocycles. The van der Waals surface area contributed by atoms with Crippen LogP contribution in [-0.2, 0) is 16.0 Å². The lowest BCUT2D eigenvalue weighted by atomic mass is 10.0. The number of ether oxygens (including phenoxy) is 1. The molecule has 0 aliphatic heterocycles. The van der Waals surface area contributed by atoms with Crippen molar-refractivity contribution in [1.29, 1.82) is 0 Å². The summed E-state index contributed by atoms with van der Waals surface area (Å²) >= 11 is 0. The lowest BCUT2D eigenvalue weighted by Gasteiger charge is -2.23. The summed E-state index contributed by atoms with van der Waals surface area (Å²) in [6.07, 6.45) is 0.494. The zero-order valence-electron chi connectivity index (χ0n) is 17.1. The first-order valence-corrected chi connectivity index (χ1v) is 9.18. The van der Waals surface area contributed by atoms with Gasteiger partial charge in [-0.05, 0) is 51.3 Å². The van der Waals surface area contributed by atoms with Gasteiger partial charge in [-0.2, -0.15) is 0 Å². The van der Waals surface area contributed by atoms with E-state index in [0.717, 1.165) is 17.5 Å². The van der Waals surface area contributed by atoms with Crippen molar-refractivity contribution < 1.29 is 19.4 Å². The van der Waals surface area contributed by atoms with Crippen LogP contribution in [0.15, 0.2) is 18.2 Å². The van der Waals surface area contributed by atoms with Gasteiger partial charge in [0.1, 0.15) is 17.4 Å². The van der Waals surface area contributed by atoms with Gasteiger partial charge in [-0.25, -0.2) is 4.79 Å². The first-order chi connectivity index (χ1) is 12.1. The molecule has 1 unspecified atom stereocenters. The minimum absolute atomic E-state index is 0.200. The molecule has 26 heavy (non-hydrogen) atoms. The van der Waals surface area contributed by atoms with Crippen molar-refractivity contribution in [2.45, 2.75) is 73.0 Å². The van der Waals surface area contributed by atoms with Crippen LogP contribution in [0.1, 0.15) is 59.1 Å². The molecular weight excluding hydrogens is 332 g/mol. The fourth-order valence-corrected chi connectivity index (χ4v) is 2.11. The van der Waals surface area contributed by atoms with Crippen molar-refractivity contribution in [3.05, 3.63) is 29.3 Å². The molecule has 1 atom stereocenters. The molecule has 0 heterocycles. The van der Waals surface area contributed by atoms with E-state index in [4.69, 9.17) is 4.74 Å². The number of carbonyl (C=O) groups excluding carboxylic acids is 2. The van der Waals surface area contributed by atoms with Crippen LogP contribution in [0.2, 0.25) is 0 Å². The second-order valence-corrected chi connectivity index (χ2v) is 6.81. The summed E-state index contributed by atoms with van der Waals surface area (Å²) in [4.78, 5) is 24.3. The van der Waals surface area contributed by atoms with Gasteiger partial charge in [0.25, 0.3) is 0 Å². The summed E-state index contributed by atoms with van der Waals surface area (Å²) in [5.41, 5.74) is 0.930. The molecule has 2 amide bonds. The standard InChI is InChI=1S/C18H28N2O4.C2H6/c1-6-9-19-16(22)14(20-17(23)24-18(3,4)5)11-13-7-8-15(21)12(2)10-13;1-2/h7-8,10,14,21H,6,9,11H2,1-5H3,(H,19,22)(H,20,23);1-2H3. The van der Waals surface area contributed by atoms with Crippen molar-refractivity contribution in [2.75, 3.05) is 6.54 Å². The maximum Gasteiger partial charge on any atom is 0.408 e. The Labute approximate surface area is 157 Å². The van der Waals surface area contributed by atoms with Crippen LogP contribution in [0.4, 0.5) is 4.79 Å². The Balaban J connectivity index is 0.00000301. The topological polar surface area (TPSA) is 87.7 Å². The van der Waals surface area contributed by atoms with E-state index >= 15 is 0 Å². The molecule has 0 saturated heterocycles. The maximum atomic E-state index is 12.3. The lowest BCUT2D eigenvalue weighted by Crippen LogP contribution is -2.49. The molecule has 0 aromatic heterocycles. The molecule has 0 saturated carbocycles. The highest BCUT2D eigenvalue weighted by atomic mass is 16.6. The van der Waals surface area contributed by atoms with E-state index in [1.165, 1.54) is 0 Å². The van der Waals surface area contributed by atoms with E-state index in [0.29, 0.717) is 13.0 Å². The largest absolute Gasteiger partial charge is 0.508 e. The smallest absolute Gasteiger partial charge is 0.408 e. The quantitative estimate of drug-likeness (QED) is 0.716. The molecule has 1 aromatic rings. The highest BCUT2D eigenvalue weighted by Gasteiger charge is 2.24. The van der Waals surface area contributed by atoms with Crippen LogP contribution in [0.5, 0.6) is 5.75 Å². The summed E-state index contributed by atoms with van der Waals surface area (Å²) < 4.78 is 5.23. The molecule has 0 aliphatic carbocycles. The van der Waals surface area contributed by atoms with Crippen LogP contribution in [0.25, 0.3) is 0 Å². The third kappa shape index (κ3) is 9.30. The van der Waals surface area contributed by atoms with Crippen LogP contribution < -0.4 is 10.6 Å². The molecule has 6 nitrogen and oxygen atoms in total. The number of aryl methyl sites for hydroxylation is 1. The molecular formula is C20H34N2O4. The van der Waals surface area contributed by atoms with Crippen LogP contribution >= 0.6 is 0 Å². The van der Waals surface area contributed by atoms with E-state index in [-0.39, 0.29) is 11.7 Å². The number of carbonyl (C=O) groups is 2. The van der Waals surface area contributed by atoms with Gasteiger partial charge >= 0.3 is 6.09 Å². The molecule has 0 fully saturated rings. The molecule has 3 N–H and O–H groups in total. The van der Waals surface area contributed by atoms with Crippen molar-refractivity contribution >= 4 is 12.0 Å². The molecule has 148 valence electrons. The summed E-state index contributed by atoms with van der Waals surface area (Å²) in [6, 6.07) is 4.38. The van der Waals surface area contributed by atoms with E-state index in [1.54, 1.807) is 45.9 Å². The third-order valence-corrected chi connectivity index (χ3v) is 3.26. The second-order valence-electron chi connectivity index (χ2n) is 6.81. The van der Waals surface area contributed by atoms with Crippen molar-refractivity contribution in [3.63, 3.8) is 0 Å². The molecule has 6 heteroatoms. The fourth-order valence-electron chi connectivity index (χ4n) is 2.11. The normalized spacial score (nSPS) is 11.7. The molecule has 0 aliphatic rings. The molecule has 1 rings (SSSR count). The predicted octanol–water partition coefficient (Wildman–Crippen LogP) is 3.69. The average Bonchev–Trinajstić information content (AvgIpc) is 2.55. The Hall–Kier alpha value is -2.24. The van der Waals surface area contributed by atoms with Crippen LogP contribution in [0.3, 0.4) is 0 Å². The number of hydrogen-bond acceptors (Lipinski definition) is 4. The number of aromatic hydroxyl groups is 1. The Bertz CT molecular complexity index is 580. The first-order valence-electron chi connectivity index (χ1n) is 9.18. The van der Waals surface area contributed by atoms with Gasteiger partial charge in [-0.3, -0.25) is 4.79 Å². The Morgan fingerprint density at radius 1 is 1.23 bits per heavy atom. The number of benzene rings is 1. The Morgan fingerprint density at radius 2 is 1.85 bits per heavy atom. The molecule has 0 radical (unpaired) electrons. The van der Waals surface area contributed by atoms with Gasteiger partial charge in [0.05, 0.1) is 0 Å². The SMILES string of the molecule is CC.CCCNC(=O)C(Cc1ccc(O)c(C)c1)NC(=O)OC(C)(C)C. The van der Waals surface area contributed by atoms with Crippen molar-refractivity contribution in [3.8, 4) is 5.75 Å². The number of nitrogens with one attached hydrogen (secondary N) is 2. The minimum Gasteiger partial charge on any atom is -0.508 e. The number of rotatable bonds is 6. The number of phenols is 1. The van der Waals surface area contributed by atoms with Gasteiger partial charge in [0.2, 0.25) is 5.91 Å². The van der Waals surface area contributed by atoms with Gasteiger partial charge in [0, 0.05) is 13.0 Å². The molecule has 0 spiro atoms. The van der Waals surface area contributed by atoms with E-state index in [9.17, 15) is 14.7 Å². The lowest BCUT2D eigenvalue weighted by molar-refractivity contribution is -0.123. The van der Waals surface area contributed by atoms with Crippen molar-refractivity contribution in [2.24, 2.45) is 0 Å². The summed E-state index contributed by atoms with van der Waals surface area (Å²) in [5, 5.41) is 15.0. The summed E-state index contributed by atoms with van der Waals surface area (Å²) in [7, 11) is 0. The number of hydrogen-bond donors (Lipinski definition) is 3. The third-order valence-electron chi connectivity index (χ3n) is 3.26. The van der Waals surface area contributed by atoms with Crippen molar-refractivity contribution in [1.82, 2.24) is 10.6 Å². The van der Waals surface area contributed by atoms with Crippen LogP contribution in [-0.4, -0.2) is 35.3 Å². The number of alkyl carbamates (subject to hydrolysis) is 1. The van der Waals surface area contributed by atoms with Gasteiger partial charge in [0.15, 0.2) is 0 Å². The Kier molecular flexibility index (Phi) is 10.4. The maximum absolute atomic E-state index is 12.3. The van der Waals surface area contributed by atoms with E-state index < -0.39 is 17.7 Å². The molecule has 0 bridgehead atoms. The van der Waals surface area contributed by atoms with Gasteiger partial charge in [-0.15, -0.1) is 0 Å². The average molecular weight is 367 g/mol. The minimum atomic E-state index is -0.740. The second kappa shape index (κ2) is 11.4. The summed E-state index contributed by atoms with van der Waals surface area (Å²) in [5.74, 6) is -0.0562. The monoisotopic (exact) mass is 366 g/mol. The van der Waals surface area contributed by atoms with E-state index in [1.807, 2.05) is 20.8 Å². The predicted molar refractivity (Wildman–Crippen MR) is 104 cm³/mol. The highest BCUT2D eigenvalue weighted by molar-refractivity contribution is 5.86. The number of amides is 2.